The van der Waals surface area contributed by atoms with Crippen LogP contribution in [0.15, 0.2) is 18.2 Å². The van der Waals surface area contributed by atoms with E-state index in [2.05, 4.69) is 12.2 Å². The van der Waals surface area contributed by atoms with Gasteiger partial charge < -0.3 is 14.8 Å². The number of hydrogen-bond donors (Lipinski definition) is 1. The molecule has 0 bridgehead atoms. The van der Waals surface area contributed by atoms with Crippen LogP contribution in [0, 0.1) is 0 Å². The minimum Gasteiger partial charge on any atom is -0.355 e. The van der Waals surface area contributed by atoms with Crippen molar-refractivity contribution in [3.05, 3.63) is 33.8 Å². The second-order valence-electron chi connectivity index (χ2n) is 3.94. The van der Waals surface area contributed by atoms with Gasteiger partial charge in [0.2, 0.25) is 0 Å². The Morgan fingerprint density at radius 3 is 2.33 bits per heavy atom. The van der Waals surface area contributed by atoms with Crippen LogP contribution >= 0.6 is 23.2 Å². The van der Waals surface area contributed by atoms with E-state index >= 15 is 0 Å². The molecular formula is C13H19Cl2NO2. The number of nitrogens with one attached hydrogen (secondary N) is 1. The molecule has 1 N–H and O–H groups in total. The first kappa shape index (κ1) is 15.7. The highest BCUT2D eigenvalue weighted by Crippen LogP contribution is 2.26. The first-order valence-corrected chi connectivity index (χ1v) is 6.61. The molecule has 18 heavy (non-hydrogen) atoms. The van der Waals surface area contributed by atoms with Crippen molar-refractivity contribution < 1.29 is 9.47 Å². The van der Waals surface area contributed by atoms with E-state index in [1.54, 1.807) is 14.2 Å². The van der Waals surface area contributed by atoms with Crippen LogP contribution in [0.25, 0.3) is 0 Å². The van der Waals surface area contributed by atoms with Crippen LogP contribution in [0.2, 0.25) is 10.0 Å². The summed E-state index contributed by atoms with van der Waals surface area (Å²) in [7, 11) is 3.24. The maximum absolute atomic E-state index is 6.02. The zero-order valence-corrected chi connectivity index (χ0v) is 12.4. The fourth-order valence-electron chi connectivity index (χ4n) is 1.73. The monoisotopic (exact) mass is 291 g/mol. The maximum atomic E-state index is 6.02. The van der Waals surface area contributed by atoms with Gasteiger partial charge in [-0.05, 0) is 24.1 Å². The maximum Gasteiger partial charge on any atom is 0.169 e. The third-order valence-electron chi connectivity index (χ3n) is 2.81. The molecule has 1 rings (SSSR count). The number of halogens is 2. The minimum atomic E-state index is -0.248. The van der Waals surface area contributed by atoms with E-state index in [-0.39, 0.29) is 12.3 Å². The Morgan fingerprint density at radius 2 is 1.83 bits per heavy atom. The summed E-state index contributed by atoms with van der Waals surface area (Å²) >= 11 is 11.9. The molecule has 0 amide bonds. The molecule has 1 atom stereocenters. The molecule has 1 unspecified atom stereocenters. The highest BCUT2D eigenvalue weighted by Gasteiger charge is 2.13. The van der Waals surface area contributed by atoms with Crippen molar-refractivity contribution in [2.24, 2.45) is 0 Å². The summed E-state index contributed by atoms with van der Waals surface area (Å²) in [5.41, 5.74) is 1.11. The molecule has 3 nitrogen and oxygen atoms in total. The van der Waals surface area contributed by atoms with Crippen LogP contribution in [0.5, 0.6) is 0 Å². The van der Waals surface area contributed by atoms with Crippen molar-refractivity contribution in [1.29, 1.82) is 0 Å². The zero-order chi connectivity index (χ0) is 13.5. The lowest BCUT2D eigenvalue weighted by Crippen LogP contribution is -2.32. The summed E-state index contributed by atoms with van der Waals surface area (Å²) in [6, 6.07) is 5.88. The molecule has 0 aliphatic heterocycles. The molecule has 0 saturated carbocycles. The van der Waals surface area contributed by atoms with Gasteiger partial charge in [-0.25, -0.2) is 0 Å². The van der Waals surface area contributed by atoms with E-state index in [4.69, 9.17) is 32.7 Å². The Hall–Kier alpha value is -0.320. The number of benzene rings is 1. The smallest absolute Gasteiger partial charge is 0.169 e. The van der Waals surface area contributed by atoms with Crippen LogP contribution in [-0.2, 0) is 9.47 Å². The van der Waals surface area contributed by atoms with Crippen LogP contribution in [0.3, 0.4) is 0 Å². The molecule has 0 aromatic heterocycles. The molecule has 0 heterocycles. The fourth-order valence-corrected chi connectivity index (χ4v) is 2.03. The summed E-state index contributed by atoms with van der Waals surface area (Å²) in [4.78, 5) is 0. The van der Waals surface area contributed by atoms with Gasteiger partial charge in [0, 0.05) is 26.8 Å². The number of hydrogen-bond acceptors (Lipinski definition) is 3. The lowest BCUT2D eigenvalue weighted by Gasteiger charge is -2.21. The Labute approximate surface area is 118 Å². The SMILES string of the molecule is CCC(NCC(OC)OC)c1ccc(Cl)c(Cl)c1. The first-order chi connectivity index (χ1) is 8.62. The third-order valence-corrected chi connectivity index (χ3v) is 3.55. The molecule has 5 heteroatoms. The highest BCUT2D eigenvalue weighted by atomic mass is 35.5. The Balaban J connectivity index is 2.67. The topological polar surface area (TPSA) is 30.5 Å². The molecule has 1 aromatic rings. The number of methoxy groups -OCH3 is 2. The normalized spacial score (nSPS) is 13.0. The second kappa shape index (κ2) is 7.97. The molecule has 0 radical (unpaired) electrons. The summed E-state index contributed by atoms with van der Waals surface area (Å²) in [6.07, 6.45) is 0.694. The largest absolute Gasteiger partial charge is 0.355 e. The first-order valence-electron chi connectivity index (χ1n) is 5.86. The fraction of sp³-hybridized carbons (Fsp3) is 0.538. The van der Waals surface area contributed by atoms with E-state index in [0.29, 0.717) is 16.6 Å². The molecule has 0 saturated heterocycles. The number of ether oxygens (including phenoxy) is 2. The second-order valence-corrected chi connectivity index (χ2v) is 4.76. The highest BCUT2D eigenvalue weighted by molar-refractivity contribution is 6.42. The molecule has 1 aromatic carbocycles. The standard InChI is InChI=1S/C13H19Cl2NO2/c1-4-12(16-8-13(17-2)18-3)9-5-6-10(14)11(15)7-9/h5-7,12-13,16H,4,8H2,1-3H3. The Bertz CT molecular complexity index is 370. The van der Waals surface area contributed by atoms with Gasteiger partial charge in [0.15, 0.2) is 6.29 Å². The van der Waals surface area contributed by atoms with Crippen LogP contribution in [-0.4, -0.2) is 27.1 Å². The molecule has 0 aliphatic rings. The van der Waals surface area contributed by atoms with Gasteiger partial charge in [-0.1, -0.05) is 36.2 Å². The van der Waals surface area contributed by atoms with Crippen molar-refractivity contribution in [3.8, 4) is 0 Å². The van der Waals surface area contributed by atoms with E-state index in [1.165, 1.54) is 0 Å². The summed E-state index contributed by atoms with van der Waals surface area (Å²) in [6.45, 7) is 2.72. The van der Waals surface area contributed by atoms with Gasteiger partial charge in [0.1, 0.15) is 0 Å². The van der Waals surface area contributed by atoms with Gasteiger partial charge in [-0.15, -0.1) is 0 Å². The quantitative estimate of drug-likeness (QED) is 0.778. The average Bonchev–Trinajstić information content (AvgIpc) is 2.38. The average molecular weight is 292 g/mol. The van der Waals surface area contributed by atoms with Crippen molar-refractivity contribution >= 4 is 23.2 Å². The van der Waals surface area contributed by atoms with Gasteiger partial charge in [-0.2, -0.15) is 0 Å². The van der Waals surface area contributed by atoms with Crippen LogP contribution in [0.1, 0.15) is 24.9 Å². The summed E-state index contributed by atoms with van der Waals surface area (Å²) < 4.78 is 10.3. The van der Waals surface area contributed by atoms with Gasteiger partial charge in [-0.3, -0.25) is 0 Å². The lowest BCUT2D eigenvalue weighted by molar-refractivity contribution is -0.0999. The van der Waals surface area contributed by atoms with Gasteiger partial charge >= 0.3 is 0 Å². The summed E-state index contributed by atoms with van der Waals surface area (Å²) in [5, 5.41) is 4.53. The molecule has 0 spiro atoms. The predicted molar refractivity (Wildman–Crippen MR) is 75.3 cm³/mol. The molecular weight excluding hydrogens is 273 g/mol. The Kier molecular flexibility index (Phi) is 6.97. The lowest BCUT2D eigenvalue weighted by atomic mass is 10.0. The summed E-state index contributed by atoms with van der Waals surface area (Å²) in [5.74, 6) is 0. The minimum absolute atomic E-state index is 0.201. The van der Waals surface area contributed by atoms with Crippen LogP contribution < -0.4 is 5.32 Å². The van der Waals surface area contributed by atoms with Crippen molar-refractivity contribution in [2.75, 3.05) is 20.8 Å². The van der Waals surface area contributed by atoms with Gasteiger partial charge in [0.25, 0.3) is 0 Å². The Morgan fingerprint density at radius 1 is 1.17 bits per heavy atom. The molecule has 0 aliphatic carbocycles. The van der Waals surface area contributed by atoms with E-state index in [0.717, 1.165) is 12.0 Å². The van der Waals surface area contributed by atoms with E-state index in [9.17, 15) is 0 Å². The van der Waals surface area contributed by atoms with Gasteiger partial charge in [0.05, 0.1) is 10.0 Å². The zero-order valence-electron chi connectivity index (χ0n) is 10.9. The van der Waals surface area contributed by atoms with E-state index < -0.39 is 0 Å². The molecule has 102 valence electrons. The van der Waals surface area contributed by atoms with Crippen molar-refractivity contribution in [3.63, 3.8) is 0 Å². The number of rotatable bonds is 7. The van der Waals surface area contributed by atoms with E-state index in [1.807, 2.05) is 18.2 Å². The van der Waals surface area contributed by atoms with Crippen molar-refractivity contribution in [1.82, 2.24) is 5.32 Å². The third kappa shape index (κ3) is 4.41. The predicted octanol–water partition coefficient (Wildman–Crippen LogP) is 3.65. The van der Waals surface area contributed by atoms with Crippen LogP contribution in [0.4, 0.5) is 0 Å². The van der Waals surface area contributed by atoms with Crippen molar-refractivity contribution in [2.45, 2.75) is 25.7 Å². The molecule has 0 fully saturated rings.